The fourth-order valence-corrected chi connectivity index (χ4v) is 3.96. The summed E-state index contributed by atoms with van der Waals surface area (Å²) in [6.45, 7) is 1.44. The van der Waals surface area contributed by atoms with Gasteiger partial charge in [-0.3, -0.25) is 4.79 Å². The number of carbonyl (C=O) groups excluding carboxylic acids is 1. The Kier molecular flexibility index (Phi) is 5.70. The number of amides is 1. The van der Waals surface area contributed by atoms with E-state index in [4.69, 9.17) is 25.2 Å². The summed E-state index contributed by atoms with van der Waals surface area (Å²) in [5, 5.41) is 0.905. The van der Waals surface area contributed by atoms with Gasteiger partial charge < -0.3 is 20.1 Å². The second kappa shape index (κ2) is 8.57. The Hall–Kier alpha value is -3.35. The first-order valence-corrected chi connectivity index (χ1v) is 10.1. The first kappa shape index (κ1) is 19.9. The first-order chi connectivity index (χ1) is 14.6. The number of anilines is 1. The second-order valence-corrected chi connectivity index (χ2v) is 7.51. The standard InChI is InChI=1S/C23H26N4O3/c1-29-19-13-17-18(14-20(19)30-2)25-21(12-15-6-4-3-5-7-15)26-23(17)27-10-8-16(9-11-27)22(24)28/h3-7,13-14,16H,8-12H2,1-2H3,(H2,24,28). The molecule has 30 heavy (non-hydrogen) atoms. The van der Waals surface area contributed by atoms with Crippen molar-refractivity contribution in [3.05, 3.63) is 53.9 Å². The van der Waals surface area contributed by atoms with Crippen molar-refractivity contribution in [2.75, 3.05) is 32.2 Å². The summed E-state index contributed by atoms with van der Waals surface area (Å²) in [6, 6.07) is 14.0. The van der Waals surface area contributed by atoms with Gasteiger partial charge in [0, 0.05) is 36.9 Å². The number of benzene rings is 2. The fourth-order valence-electron chi connectivity index (χ4n) is 3.96. The molecule has 0 bridgehead atoms. The van der Waals surface area contributed by atoms with Gasteiger partial charge in [0.05, 0.1) is 19.7 Å². The van der Waals surface area contributed by atoms with E-state index in [1.807, 2.05) is 30.3 Å². The minimum Gasteiger partial charge on any atom is -0.493 e. The zero-order valence-corrected chi connectivity index (χ0v) is 17.3. The van der Waals surface area contributed by atoms with E-state index in [0.29, 0.717) is 17.9 Å². The minimum absolute atomic E-state index is 0.0761. The average molecular weight is 406 g/mol. The number of aromatic nitrogens is 2. The van der Waals surface area contributed by atoms with Gasteiger partial charge >= 0.3 is 0 Å². The molecular weight excluding hydrogens is 380 g/mol. The molecule has 4 rings (SSSR count). The Bertz CT molecular complexity index is 1050. The molecule has 7 heteroatoms. The molecule has 0 saturated carbocycles. The van der Waals surface area contributed by atoms with Crippen LogP contribution in [0.4, 0.5) is 5.82 Å². The summed E-state index contributed by atoms with van der Waals surface area (Å²) >= 11 is 0. The lowest BCUT2D eigenvalue weighted by Gasteiger charge is -2.32. The number of hydrogen-bond donors (Lipinski definition) is 1. The van der Waals surface area contributed by atoms with E-state index in [1.165, 1.54) is 0 Å². The quantitative estimate of drug-likeness (QED) is 0.677. The monoisotopic (exact) mass is 406 g/mol. The molecule has 0 aliphatic carbocycles. The molecule has 156 valence electrons. The van der Waals surface area contributed by atoms with Gasteiger partial charge in [-0.05, 0) is 24.5 Å². The van der Waals surface area contributed by atoms with E-state index in [0.717, 1.165) is 54.0 Å². The van der Waals surface area contributed by atoms with Crippen LogP contribution in [0, 0.1) is 5.92 Å². The van der Waals surface area contributed by atoms with Crippen LogP contribution in [0.5, 0.6) is 11.5 Å². The smallest absolute Gasteiger partial charge is 0.220 e. The molecule has 1 aromatic heterocycles. The van der Waals surface area contributed by atoms with Gasteiger partial charge in [-0.25, -0.2) is 9.97 Å². The van der Waals surface area contributed by atoms with Gasteiger partial charge in [0.1, 0.15) is 11.6 Å². The van der Waals surface area contributed by atoms with Crippen molar-refractivity contribution < 1.29 is 14.3 Å². The van der Waals surface area contributed by atoms with Gasteiger partial charge in [-0.1, -0.05) is 30.3 Å². The molecule has 1 amide bonds. The molecule has 0 atom stereocenters. The molecule has 3 aromatic rings. The van der Waals surface area contributed by atoms with Crippen molar-refractivity contribution in [3.8, 4) is 11.5 Å². The van der Waals surface area contributed by atoms with E-state index in [-0.39, 0.29) is 11.8 Å². The number of ether oxygens (including phenoxy) is 2. The van der Waals surface area contributed by atoms with Crippen LogP contribution in [0.1, 0.15) is 24.2 Å². The number of nitrogens with two attached hydrogens (primary N) is 1. The third kappa shape index (κ3) is 4.01. The lowest BCUT2D eigenvalue weighted by molar-refractivity contribution is -0.122. The topological polar surface area (TPSA) is 90.6 Å². The molecule has 1 fully saturated rings. The first-order valence-electron chi connectivity index (χ1n) is 10.1. The highest BCUT2D eigenvalue weighted by atomic mass is 16.5. The number of hydrogen-bond acceptors (Lipinski definition) is 6. The average Bonchev–Trinajstić information content (AvgIpc) is 2.78. The van der Waals surface area contributed by atoms with Crippen LogP contribution in [0.2, 0.25) is 0 Å². The molecule has 0 unspecified atom stereocenters. The molecular formula is C23H26N4O3. The maximum absolute atomic E-state index is 11.6. The maximum Gasteiger partial charge on any atom is 0.220 e. The summed E-state index contributed by atoms with van der Waals surface area (Å²) in [7, 11) is 3.23. The predicted molar refractivity (Wildman–Crippen MR) is 116 cm³/mol. The molecule has 2 N–H and O–H groups in total. The van der Waals surface area contributed by atoms with E-state index in [1.54, 1.807) is 14.2 Å². The second-order valence-electron chi connectivity index (χ2n) is 7.51. The third-order valence-corrected chi connectivity index (χ3v) is 5.63. The van der Waals surface area contributed by atoms with Gasteiger partial charge in [0.2, 0.25) is 5.91 Å². The number of piperidine rings is 1. The van der Waals surface area contributed by atoms with Crippen LogP contribution in [0.15, 0.2) is 42.5 Å². The van der Waals surface area contributed by atoms with Crippen molar-refractivity contribution in [2.45, 2.75) is 19.3 Å². The Morgan fingerprint density at radius 2 is 1.73 bits per heavy atom. The predicted octanol–water partition coefficient (Wildman–Crippen LogP) is 2.94. The Labute approximate surface area is 175 Å². The largest absolute Gasteiger partial charge is 0.493 e. The highest BCUT2D eigenvalue weighted by molar-refractivity contribution is 5.92. The molecule has 1 aliphatic heterocycles. The molecule has 2 heterocycles. The zero-order valence-electron chi connectivity index (χ0n) is 17.3. The number of nitrogens with zero attached hydrogens (tertiary/aromatic N) is 3. The summed E-state index contributed by atoms with van der Waals surface area (Å²) < 4.78 is 11.0. The van der Waals surface area contributed by atoms with Gasteiger partial charge in [-0.2, -0.15) is 0 Å². The molecule has 2 aromatic carbocycles. The summed E-state index contributed by atoms with van der Waals surface area (Å²) in [4.78, 5) is 23.5. The lowest BCUT2D eigenvalue weighted by Crippen LogP contribution is -2.39. The number of rotatable bonds is 6. The fraction of sp³-hybridized carbons (Fsp3) is 0.348. The lowest BCUT2D eigenvalue weighted by atomic mass is 9.96. The van der Waals surface area contributed by atoms with Crippen LogP contribution >= 0.6 is 0 Å². The van der Waals surface area contributed by atoms with E-state index >= 15 is 0 Å². The van der Waals surface area contributed by atoms with Crippen molar-refractivity contribution in [1.82, 2.24) is 9.97 Å². The van der Waals surface area contributed by atoms with E-state index < -0.39 is 0 Å². The summed E-state index contributed by atoms with van der Waals surface area (Å²) in [6.07, 6.45) is 2.08. The number of fused-ring (bicyclic) bond motifs is 1. The minimum atomic E-state index is -0.224. The van der Waals surface area contributed by atoms with Crippen LogP contribution in [0.25, 0.3) is 10.9 Å². The van der Waals surface area contributed by atoms with Gasteiger partial charge in [-0.15, -0.1) is 0 Å². The molecule has 0 radical (unpaired) electrons. The summed E-state index contributed by atoms with van der Waals surface area (Å²) in [5.74, 6) is 2.57. The maximum atomic E-state index is 11.6. The van der Waals surface area contributed by atoms with E-state index in [2.05, 4.69) is 17.0 Å². The molecule has 0 spiro atoms. The van der Waals surface area contributed by atoms with Crippen LogP contribution in [-0.4, -0.2) is 43.2 Å². The molecule has 1 aliphatic rings. The summed E-state index contributed by atoms with van der Waals surface area (Å²) in [5.41, 5.74) is 7.46. The zero-order chi connectivity index (χ0) is 21.1. The van der Waals surface area contributed by atoms with E-state index in [9.17, 15) is 4.79 Å². The van der Waals surface area contributed by atoms with Crippen LogP contribution in [0.3, 0.4) is 0 Å². The normalized spacial score (nSPS) is 14.7. The molecule has 7 nitrogen and oxygen atoms in total. The van der Waals surface area contributed by atoms with Crippen molar-refractivity contribution >= 4 is 22.6 Å². The number of carbonyl (C=O) groups is 1. The van der Waals surface area contributed by atoms with Crippen LogP contribution in [-0.2, 0) is 11.2 Å². The Morgan fingerprint density at radius 1 is 1.07 bits per heavy atom. The van der Waals surface area contributed by atoms with Crippen molar-refractivity contribution in [3.63, 3.8) is 0 Å². The number of primary amides is 1. The van der Waals surface area contributed by atoms with Crippen LogP contribution < -0.4 is 20.1 Å². The Morgan fingerprint density at radius 3 is 2.37 bits per heavy atom. The van der Waals surface area contributed by atoms with Crippen molar-refractivity contribution in [2.24, 2.45) is 11.7 Å². The van der Waals surface area contributed by atoms with Gasteiger partial charge in [0.25, 0.3) is 0 Å². The highest BCUT2D eigenvalue weighted by Gasteiger charge is 2.26. The number of methoxy groups -OCH3 is 2. The molecule has 1 saturated heterocycles. The van der Waals surface area contributed by atoms with Gasteiger partial charge in [0.15, 0.2) is 11.5 Å². The Balaban J connectivity index is 1.78. The highest BCUT2D eigenvalue weighted by Crippen LogP contribution is 2.36. The third-order valence-electron chi connectivity index (χ3n) is 5.63. The SMILES string of the molecule is COc1cc2nc(Cc3ccccc3)nc(N3CCC(C(N)=O)CC3)c2cc1OC. The van der Waals surface area contributed by atoms with Crippen molar-refractivity contribution in [1.29, 1.82) is 0 Å².